The summed E-state index contributed by atoms with van der Waals surface area (Å²) < 4.78 is 7.86. The number of halogens is 1. The van der Waals surface area contributed by atoms with Crippen molar-refractivity contribution in [2.45, 2.75) is 32.2 Å². The van der Waals surface area contributed by atoms with E-state index in [1.165, 1.54) is 0 Å². The van der Waals surface area contributed by atoms with Gasteiger partial charge in [0, 0.05) is 25.6 Å². The zero-order valence-corrected chi connectivity index (χ0v) is 13.8. The lowest BCUT2D eigenvalue weighted by Gasteiger charge is -2.31. The molecule has 1 saturated heterocycles. The zero-order chi connectivity index (χ0) is 15.7. The highest BCUT2D eigenvalue weighted by molar-refractivity contribution is 7.71. The summed E-state index contributed by atoms with van der Waals surface area (Å²) in [6.07, 6.45) is 1.72. The molecule has 0 saturated carbocycles. The minimum absolute atomic E-state index is 0.111. The lowest BCUT2D eigenvalue weighted by molar-refractivity contribution is 0.0678. The number of furan rings is 1. The van der Waals surface area contributed by atoms with E-state index in [2.05, 4.69) is 10.2 Å². The molecule has 0 aliphatic carbocycles. The van der Waals surface area contributed by atoms with Crippen LogP contribution in [0.4, 0.5) is 0 Å². The fourth-order valence-electron chi connectivity index (χ4n) is 2.87. The predicted octanol–water partition coefficient (Wildman–Crippen LogP) is 3.23. The van der Waals surface area contributed by atoms with E-state index in [4.69, 9.17) is 28.2 Å². The first-order valence-electron chi connectivity index (χ1n) is 7.30. The third-order valence-corrected chi connectivity index (χ3v) is 4.55. The second kappa shape index (κ2) is 6.26. The van der Waals surface area contributed by atoms with Gasteiger partial charge in [0.1, 0.15) is 5.82 Å². The molecule has 3 rings (SSSR count). The SMILES string of the molecule is CCn1c(C2CCN(C(=O)c3ccc(Cl)o3)CC2)n[nH]c1=S. The molecule has 1 N–H and O–H groups in total. The average molecular weight is 341 g/mol. The third kappa shape index (κ3) is 2.83. The van der Waals surface area contributed by atoms with Gasteiger partial charge in [-0.3, -0.25) is 9.89 Å². The quantitative estimate of drug-likeness (QED) is 0.871. The Balaban J connectivity index is 1.67. The van der Waals surface area contributed by atoms with Gasteiger partial charge < -0.3 is 13.9 Å². The van der Waals surface area contributed by atoms with Gasteiger partial charge in [0.2, 0.25) is 0 Å². The van der Waals surface area contributed by atoms with Crippen molar-refractivity contribution in [2.24, 2.45) is 0 Å². The van der Waals surface area contributed by atoms with E-state index in [0.717, 1.165) is 25.2 Å². The summed E-state index contributed by atoms with van der Waals surface area (Å²) in [6.45, 7) is 4.19. The summed E-state index contributed by atoms with van der Waals surface area (Å²) in [5.41, 5.74) is 0. The Labute approximate surface area is 138 Å². The minimum Gasteiger partial charge on any atom is -0.440 e. The van der Waals surface area contributed by atoms with Crippen LogP contribution in [0.3, 0.4) is 0 Å². The van der Waals surface area contributed by atoms with Gasteiger partial charge in [-0.05, 0) is 55.7 Å². The van der Waals surface area contributed by atoms with E-state index in [1.54, 1.807) is 17.0 Å². The van der Waals surface area contributed by atoms with Crippen LogP contribution in [0.1, 0.15) is 42.1 Å². The van der Waals surface area contributed by atoms with Crippen LogP contribution in [0.2, 0.25) is 5.22 Å². The highest BCUT2D eigenvalue weighted by Gasteiger charge is 2.28. The number of amides is 1. The van der Waals surface area contributed by atoms with E-state index < -0.39 is 0 Å². The maximum Gasteiger partial charge on any atom is 0.289 e. The molecule has 0 spiro atoms. The monoisotopic (exact) mass is 340 g/mol. The fraction of sp³-hybridized carbons (Fsp3) is 0.500. The Morgan fingerprint density at radius 2 is 2.23 bits per heavy atom. The molecule has 22 heavy (non-hydrogen) atoms. The van der Waals surface area contributed by atoms with Gasteiger partial charge in [0.05, 0.1) is 0 Å². The number of H-pyrrole nitrogens is 1. The molecule has 3 heterocycles. The summed E-state index contributed by atoms with van der Waals surface area (Å²) in [7, 11) is 0. The molecule has 0 unspecified atom stereocenters. The van der Waals surface area contributed by atoms with Crippen molar-refractivity contribution in [1.29, 1.82) is 0 Å². The van der Waals surface area contributed by atoms with Crippen LogP contribution in [0, 0.1) is 4.77 Å². The number of piperidine rings is 1. The predicted molar refractivity (Wildman–Crippen MR) is 84.7 cm³/mol. The highest BCUT2D eigenvalue weighted by atomic mass is 35.5. The van der Waals surface area contributed by atoms with Crippen molar-refractivity contribution in [2.75, 3.05) is 13.1 Å². The first-order valence-corrected chi connectivity index (χ1v) is 8.08. The number of carbonyl (C=O) groups excluding carboxylic acids is 1. The van der Waals surface area contributed by atoms with Gasteiger partial charge in [0.25, 0.3) is 5.91 Å². The smallest absolute Gasteiger partial charge is 0.289 e. The van der Waals surface area contributed by atoms with E-state index >= 15 is 0 Å². The van der Waals surface area contributed by atoms with Crippen LogP contribution in [-0.2, 0) is 6.54 Å². The molecule has 1 amide bonds. The van der Waals surface area contributed by atoms with Crippen LogP contribution in [0.15, 0.2) is 16.5 Å². The number of rotatable bonds is 3. The number of aromatic nitrogens is 3. The van der Waals surface area contributed by atoms with E-state index in [-0.39, 0.29) is 11.1 Å². The molecule has 8 heteroatoms. The Hall–Kier alpha value is -1.60. The lowest BCUT2D eigenvalue weighted by Crippen LogP contribution is -2.38. The molecule has 1 aliphatic rings. The van der Waals surface area contributed by atoms with Gasteiger partial charge in [-0.25, -0.2) is 0 Å². The largest absolute Gasteiger partial charge is 0.440 e. The van der Waals surface area contributed by atoms with Gasteiger partial charge >= 0.3 is 0 Å². The van der Waals surface area contributed by atoms with Crippen molar-refractivity contribution in [3.63, 3.8) is 0 Å². The first-order chi connectivity index (χ1) is 10.6. The maximum atomic E-state index is 12.3. The minimum atomic E-state index is -0.111. The van der Waals surface area contributed by atoms with E-state index in [1.807, 2.05) is 11.5 Å². The number of aromatic amines is 1. The normalized spacial score (nSPS) is 16.2. The number of carbonyl (C=O) groups is 1. The second-order valence-electron chi connectivity index (χ2n) is 5.30. The van der Waals surface area contributed by atoms with Crippen LogP contribution in [0.25, 0.3) is 0 Å². The Kier molecular flexibility index (Phi) is 4.35. The average Bonchev–Trinajstić information content (AvgIpc) is 3.12. The summed E-state index contributed by atoms with van der Waals surface area (Å²) in [5.74, 6) is 1.48. The molecule has 0 atom stereocenters. The van der Waals surface area contributed by atoms with Crippen LogP contribution >= 0.6 is 23.8 Å². The van der Waals surface area contributed by atoms with Crippen molar-refractivity contribution in [1.82, 2.24) is 19.7 Å². The first kappa shape index (κ1) is 15.3. The number of hydrogen-bond acceptors (Lipinski definition) is 4. The zero-order valence-electron chi connectivity index (χ0n) is 12.2. The summed E-state index contributed by atoms with van der Waals surface area (Å²) in [6, 6.07) is 3.19. The summed E-state index contributed by atoms with van der Waals surface area (Å²) in [4.78, 5) is 14.1. The molecular weight excluding hydrogens is 324 g/mol. The van der Waals surface area contributed by atoms with Gasteiger partial charge in [-0.2, -0.15) is 5.10 Å². The lowest BCUT2D eigenvalue weighted by atomic mass is 9.95. The molecule has 2 aromatic rings. The molecular formula is C14H17ClN4O2S. The maximum absolute atomic E-state index is 12.3. The van der Waals surface area contributed by atoms with Crippen LogP contribution in [-0.4, -0.2) is 38.7 Å². The molecule has 0 aromatic carbocycles. The summed E-state index contributed by atoms with van der Waals surface area (Å²) >= 11 is 10.9. The van der Waals surface area contributed by atoms with Gasteiger partial charge in [-0.15, -0.1) is 0 Å². The molecule has 0 radical (unpaired) electrons. The number of nitrogens with zero attached hydrogens (tertiary/aromatic N) is 3. The van der Waals surface area contributed by atoms with Crippen molar-refractivity contribution >= 4 is 29.7 Å². The topological polar surface area (TPSA) is 67.1 Å². The van der Waals surface area contributed by atoms with Gasteiger partial charge in [-0.1, -0.05) is 0 Å². The highest BCUT2D eigenvalue weighted by Crippen LogP contribution is 2.28. The molecule has 6 nitrogen and oxygen atoms in total. The number of likely N-dealkylation sites (tertiary alicyclic amines) is 1. The molecule has 1 fully saturated rings. The second-order valence-corrected chi connectivity index (χ2v) is 6.06. The molecule has 1 aliphatic heterocycles. The van der Waals surface area contributed by atoms with Crippen LogP contribution < -0.4 is 0 Å². The Morgan fingerprint density at radius 1 is 1.50 bits per heavy atom. The number of nitrogens with one attached hydrogen (secondary N) is 1. The van der Waals surface area contributed by atoms with E-state index in [0.29, 0.717) is 29.5 Å². The molecule has 0 bridgehead atoms. The van der Waals surface area contributed by atoms with Crippen molar-refractivity contribution in [3.8, 4) is 0 Å². The van der Waals surface area contributed by atoms with E-state index in [9.17, 15) is 4.79 Å². The van der Waals surface area contributed by atoms with Crippen LogP contribution in [0.5, 0.6) is 0 Å². The van der Waals surface area contributed by atoms with Crippen molar-refractivity contribution in [3.05, 3.63) is 33.7 Å². The summed E-state index contributed by atoms with van der Waals surface area (Å²) in [5, 5.41) is 7.43. The Morgan fingerprint density at radius 3 is 2.82 bits per heavy atom. The van der Waals surface area contributed by atoms with Crippen molar-refractivity contribution < 1.29 is 9.21 Å². The van der Waals surface area contributed by atoms with Gasteiger partial charge in [0.15, 0.2) is 15.8 Å². The standard InChI is InChI=1S/C14H17ClN4O2S/c1-2-19-12(16-17-14(19)22)9-5-7-18(8-6-9)13(20)10-3-4-11(15)21-10/h3-4,9H,2,5-8H2,1H3,(H,17,22). The number of hydrogen-bond donors (Lipinski definition) is 1. The molecule has 118 valence electrons. The molecule has 2 aromatic heterocycles. The fourth-order valence-corrected chi connectivity index (χ4v) is 3.29. The Bertz CT molecular complexity index is 727. The third-order valence-electron chi connectivity index (χ3n) is 4.04.